The van der Waals surface area contributed by atoms with Crippen molar-refractivity contribution in [2.24, 2.45) is 5.92 Å². The smallest absolute Gasteiger partial charge is 0.227 e. The predicted molar refractivity (Wildman–Crippen MR) is 63.6 cm³/mol. The number of hydrogen-bond acceptors (Lipinski definition) is 4. The van der Waals surface area contributed by atoms with E-state index >= 15 is 0 Å². The van der Waals surface area contributed by atoms with Gasteiger partial charge in [-0.1, -0.05) is 0 Å². The average Bonchev–Trinajstić information content (AvgIpc) is 2.38. The fourth-order valence-corrected chi connectivity index (χ4v) is 2.65. The summed E-state index contributed by atoms with van der Waals surface area (Å²) in [7, 11) is 0. The monoisotopic (exact) mass is 242 g/mol. The van der Waals surface area contributed by atoms with E-state index in [9.17, 15) is 4.79 Å². The average molecular weight is 242 g/mol. The van der Waals surface area contributed by atoms with Gasteiger partial charge >= 0.3 is 0 Å². The molecule has 2 unspecified atom stereocenters. The van der Waals surface area contributed by atoms with Crippen LogP contribution in [0.15, 0.2) is 0 Å². The molecule has 0 radical (unpaired) electrons. The third-order valence-electron chi connectivity index (χ3n) is 3.49. The minimum absolute atomic E-state index is 0.0152. The van der Waals surface area contributed by atoms with Gasteiger partial charge in [-0.2, -0.15) is 0 Å². The van der Waals surface area contributed by atoms with Gasteiger partial charge in [-0.25, -0.2) is 0 Å². The minimum Gasteiger partial charge on any atom is -0.394 e. The number of amides is 1. The van der Waals surface area contributed by atoms with Crippen molar-refractivity contribution in [1.82, 2.24) is 10.2 Å². The second-order valence-electron chi connectivity index (χ2n) is 5.04. The number of piperidine rings is 1. The Balaban J connectivity index is 1.93. The van der Waals surface area contributed by atoms with E-state index in [0.29, 0.717) is 13.1 Å². The standard InChI is InChI=1S/C12H22N2O3/c1-9-6-14(7-11(8-15)17-9)12(16)10-3-2-4-13-5-10/h9-11,13,15H,2-8H2,1H3/t9?,10-,11?/m1/s1. The van der Waals surface area contributed by atoms with Crippen molar-refractivity contribution in [3.63, 3.8) is 0 Å². The zero-order valence-corrected chi connectivity index (χ0v) is 10.4. The first-order valence-electron chi connectivity index (χ1n) is 6.46. The second kappa shape index (κ2) is 5.80. The van der Waals surface area contributed by atoms with E-state index in [1.807, 2.05) is 11.8 Å². The molecule has 2 rings (SSSR count). The normalized spacial score (nSPS) is 34.7. The number of aliphatic hydroxyl groups excluding tert-OH is 1. The lowest BCUT2D eigenvalue weighted by Gasteiger charge is -2.38. The van der Waals surface area contributed by atoms with Crippen molar-refractivity contribution >= 4 is 5.91 Å². The number of nitrogens with one attached hydrogen (secondary N) is 1. The first-order valence-corrected chi connectivity index (χ1v) is 6.46. The lowest BCUT2D eigenvalue weighted by molar-refractivity contribution is -0.151. The number of ether oxygens (including phenoxy) is 1. The van der Waals surface area contributed by atoms with Crippen LogP contribution in [0, 0.1) is 5.92 Å². The lowest BCUT2D eigenvalue weighted by atomic mass is 9.97. The highest BCUT2D eigenvalue weighted by atomic mass is 16.5. The van der Waals surface area contributed by atoms with Crippen molar-refractivity contribution in [2.75, 3.05) is 32.8 Å². The topological polar surface area (TPSA) is 61.8 Å². The van der Waals surface area contributed by atoms with Crippen LogP contribution in [0.4, 0.5) is 0 Å². The van der Waals surface area contributed by atoms with Gasteiger partial charge in [0.2, 0.25) is 5.91 Å². The van der Waals surface area contributed by atoms with E-state index in [0.717, 1.165) is 25.9 Å². The predicted octanol–water partition coefficient (Wildman–Crippen LogP) is -0.406. The molecule has 0 saturated carbocycles. The zero-order chi connectivity index (χ0) is 12.3. The summed E-state index contributed by atoms with van der Waals surface area (Å²) in [5, 5.41) is 12.4. The first kappa shape index (κ1) is 12.8. The van der Waals surface area contributed by atoms with Gasteiger partial charge < -0.3 is 20.1 Å². The van der Waals surface area contributed by atoms with Gasteiger partial charge in [-0.15, -0.1) is 0 Å². The molecular weight excluding hydrogens is 220 g/mol. The second-order valence-corrected chi connectivity index (χ2v) is 5.04. The van der Waals surface area contributed by atoms with Gasteiger partial charge in [0.25, 0.3) is 0 Å². The fourth-order valence-electron chi connectivity index (χ4n) is 2.65. The van der Waals surface area contributed by atoms with E-state index in [-0.39, 0.29) is 30.6 Å². The van der Waals surface area contributed by atoms with Gasteiger partial charge in [0.15, 0.2) is 0 Å². The molecular formula is C12H22N2O3. The van der Waals surface area contributed by atoms with Crippen molar-refractivity contribution in [3.05, 3.63) is 0 Å². The van der Waals surface area contributed by atoms with E-state index in [1.165, 1.54) is 0 Å². The number of rotatable bonds is 2. The van der Waals surface area contributed by atoms with Gasteiger partial charge in [0.05, 0.1) is 24.7 Å². The summed E-state index contributed by atoms with van der Waals surface area (Å²) >= 11 is 0. The SMILES string of the molecule is CC1CN(C(=O)[C@@H]2CCCNC2)CC(CO)O1. The maximum absolute atomic E-state index is 12.3. The van der Waals surface area contributed by atoms with Crippen molar-refractivity contribution in [2.45, 2.75) is 32.0 Å². The van der Waals surface area contributed by atoms with E-state index in [2.05, 4.69) is 5.32 Å². The van der Waals surface area contributed by atoms with Crippen LogP contribution >= 0.6 is 0 Å². The summed E-state index contributed by atoms with van der Waals surface area (Å²) in [6.45, 7) is 4.90. The van der Waals surface area contributed by atoms with Crippen LogP contribution in [-0.4, -0.2) is 60.9 Å². The van der Waals surface area contributed by atoms with Gasteiger partial charge in [0.1, 0.15) is 0 Å². The fraction of sp³-hybridized carbons (Fsp3) is 0.917. The quantitative estimate of drug-likeness (QED) is 0.691. The van der Waals surface area contributed by atoms with Crippen LogP contribution in [0.2, 0.25) is 0 Å². The summed E-state index contributed by atoms with van der Waals surface area (Å²) in [4.78, 5) is 14.2. The molecule has 0 spiro atoms. The van der Waals surface area contributed by atoms with Crippen LogP contribution < -0.4 is 5.32 Å². The number of carbonyl (C=O) groups excluding carboxylic acids is 1. The van der Waals surface area contributed by atoms with Crippen molar-refractivity contribution in [1.29, 1.82) is 0 Å². The molecule has 3 atom stereocenters. The highest BCUT2D eigenvalue weighted by Crippen LogP contribution is 2.18. The summed E-state index contributed by atoms with van der Waals surface area (Å²) in [6.07, 6.45) is 1.84. The van der Waals surface area contributed by atoms with Gasteiger partial charge in [-0.05, 0) is 26.3 Å². The Kier molecular flexibility index (Phi) is 4.36. The molecule has 5 heteroatoms. The van der Waals surface area contributed by atoms with Crippen LogP contribution in [-0.2, 0) is 9.53 Å². The summed E-state index contributed by atoms with van der Waals surface area (Å²) in [5.41, 5.74) is 0. The molecule has 1 amide bonds. The third kappa shape index (κ3) is 3.18. The highest BCUT2D eigenvalue weighted by Gasteiger charge is 2.32. The number of nitrogens with zero attached hydrogens (tertiary/aromatic N) is 1. The first-order chi connectivity index (χ1) is 8.20. The van der Waals surface area contributed by atoms with E-state index < -0.39 is 0 Å². The Hall–Kier alpha value is -0.650. The van der Waals surface area contributed by atoms with Crippen LogP contribution in [0.3, 0.4) is 0 Å². The molecule has 2 aliphatic heterocycles. The summed E-state index contributed by atoms with van der Waals surface area (Å²) < 4.78 is 5.54. The number of carbonyl (C=O) groups is 1. The Morgan fingerprint density at radius 3 is 3.00 bits per heavy atom. The zero-order valence-electron chi connectivity index (χ0n) is 10.4. The number of morpholine rings is 1. The molecule has 2 fully saturated rings. The molecule has 98 valence electrons. The molecule has 0 aromatic carbocycles. The van der Waals surface area contributed by atoms with Gasteiger partial charge in [0, 0.05) is 19.6 Å². The van der Waals surface area contributed by atoms with Gasteiger partial charge in [-0.3, -0.25) is 4.79 Å². The Bertz CT molecular complexity index is 266. The lowest BCUT2D eigenvalue weighted by Crippen LogP contribution is -2.53. The minimum atomic E-state index is -0.223. The summed E-state index contributed by atoms with van der Waals surface area (Å²) in [5.74, 6) is 0.319. The largest absolute Gasteiger partial charge is 0.394 e. The molecule has 0 aliphatic carbocycles. The van der Waals surface area contributed by atoms with Crippen LogP contribution in [0.25, 0.3) is 0 Å². The molecule has 2 aliphatic rings. The summed E-state index contributed by atoms with van der Waals surface area (Å²) in [6, 6.07) is 0. The third-order valence-corrected chi connectivity index (χ3v) is 3.49. The maximum atomic E-state index is 12.3. The number of aliphatic hydroxyl groups is 1. The van der Waals surface area contributed by atoms with Crippen molar-refractivity contribution in [3.8, 4) is 0 Å². The maximum Gasteiger partial charge on any atom is 0.227 e. The molecule has 2 heterocycles. The Morgan fingerprint density at radius 2 is 2.35 bits per heavy atom. The molecule has 0 bridgehead atoms. The molecule has 2 saturated heterocycles. The van der Waals surface area contributed by atoms with Crippen LogP contribution in [0.1, 0.15) is 19.8 Å². The molecule has 5 nitrogen and oxygen atoms in total. The molecule has 2 N–H and O–H groups in total. The van der Waals surface area contributed by atoms with E-state index in [4.69, 9.17) is 9.84 Å². The Labute approximate surface area is 102 Å². The molecule has 0 aromatic heterocycles. The number of hydrogen-bond donors (Lipinski definition) is 2. The Morgan fingerprint density at radius 1 is 1.53 bits per heavy atom. The van der Waals surface area contributed by atoms with E-state index in [1.54, 1.807) is 0 Å². The van der Waals surface area contributed by atoms with Crippen molar-refractivity contribution < 1.29 is 14.6 Å². The molecule has 17 heavy (non-hydrogen) atoms. The molecule has 0 aromatic rings. The van der Waals surface area contributed by atoms with Crippen LogP contribution in [0.5, 0.6) is 0 Å². The highest BCUT2D eigenvalue weighted by molar-refractivity contribution is 5.79.